The first-order chi connectivity index (χ1) is 8.86. The van der Waals surface area contributed by atoms with E-state index in [1.54, 1.807) is 12.5 Å². The molecule has 0 amide bonds. The Balaban J connectivity index is 2.24. The molecule has 0 aliphatic rings. The summed E-state index contributed by atoms with van der Waals surface area (Å²) in [6, 6.07) is 0. The summed E-state index contributed by atoms with van der Waals surface area (Å²) in [5.74, 6) is 0.566. The molecule has 0 radical (unpaired) electrons. The maximum atomic E-state index is 8.61. The van der Waals surface area contributed by atoms with Crippen molar-refractivity contribution in [2.45, 2.75) is 32.7 Å². The number of nitrogens with zero attached hydrogens (tertiary/aromatic N) is 4. The number of imidazole rings is 1. The fraction of sp³-hybridized carbons (Fsp3) is 0.583. The van der Waals surface area contributed by atoms with E-state index in [9.17, 15) is 0 Å². The lowest BCUT2D eigenvalue weighted by Gasteiger charge is -2.07. The van der Waals surface area contributed by atoms with Gasteiger partial charge in [-0.05, 0) is 12.8 Å². The van der Waals surface area contributed by atoms with Gasteiger partial charge in [-0.15, -0.1) is 0 Å². The number of aliphatic imine (C=N–C) groups is 1. The van der Waals surface area contributed by atoms with Crippen molar-refractivity contribution in [1.82, 2.24) is 20.2 Å². The van der Waals surface area contributed by atoms with E-state index in [1.807, 2.05) is 17.0 Å². The Morgan fingerprint density at radius 2 is 2.39 bits per heavy atom. The van der Waals surface area contributed by atoms with Gasteiger partial charge >= 0.3 is 0 Å². The minimum atomic E-state index is 0.566. The highest BCUT2D eigenvalue weighted by Gasteiger charge is 1.96. The van der Waals surface area contributed by atoms with E-state index in [0.29, 0.717) is 12.5 Å². The van der Waals surface area contributed by atoms with Gasteiger partial charge in [0.25, 0.3) is 0 Å². The monoisotopic (exact) mass is 248 g/mol. The first kappa shape index (κ1) is 14.0. The predicted molar refractivity (Wildman–Crippen MR) is 70.8 cm³/mol. The molecule has 0 bridgehead atoms. The summed E-state index contributed by atoms with van der Waals surface area (Å²) in [5.41, 5.74) is 0. The molecule has 2 N–H and O–H groups in total. The van der Waals surface area contributed by atoms with Gasteiger partial charge in [0.05, 0.1) is 6.33 Å². The molecule has 1 aromatic heterocycles. The second kappa shape index (κ2) is 9.05. The van der Waals surface area contributed by atoms with E-state index in [0.717, 1.165) is 32.4 Å². The number of hydrogen-bond donors (Lipinski definition) is 2. The van der Waals surface area contributed by atoms with E-state index in [1.165, 1.54) is 0 Å². The van der Waals surface area contributed by atoms with Gasteiger partial charge in [-0.25, -0.2) is 4.98 Å². The number of aromatic nitrogens is 2. The number of nitrogens with one attached hydrogen (secondary N) is 2. The maximum Gasteiger partial charge on any atom is 0.204 e. The topological polar surface area (TPSA) is 78.0 Å². The molecule has 0 fully saturated rings. The van der Waals surface area contributed by atoms with E-state index in [4.69, 9.17) is 5.26 Å². The second-order valence-corrected chi connectivity index (χ2v) is 3.90. The number of rotatable bonds is 7. The van der Waals surface area contributed by atoms with Crippen molar-refractivity contribution in [1.29, 1.82) is 5.26 Å². The third-order valence-corrected chi connectivity index (χ3v) is 2.40. The summed E-state index contributed by atoms with van der Waals surface area (Å²) in [6.07, 6.45) is 10.5. The number of hydrogen-bond acceptors (Lipinski definition) is 3. The Morgan fingerprint density at radius 1 is 1.50 bits per heavy atom. The quantitative estimate of drug-likeness (QED) is 0.249. The van der Waals surface area contributed by atoms with Crippen LogP contribution in [-0.4, -0.2) is 28.6 Å². The predicted octanol–water partition coefficient (Wildman–Crippen LogP) is 1.09. The molecule has 0 aromatic carbocycles. The lowest BCUT2D eigenvalue weighted by molar-refractivity contribution is 0.647. The highest BCUT2D eigenvalue weighted by atomic mass is 15.2. The number of nitriles is 1. The van der Waals surface area contributed by atoms with E-state index in [-0.39, 0.29) is 0 Å². The Bertz CT molecular complexity index is 376. The molecule has 98 valence electrons. The van der Waals surface area contributed by atoms with Crippen LogP contribution in [0.2, 0.25) is 0 Å². The zero-order valence-electron chi connectivity index (χ0n) is 10.8. The van der Waals surface area contributed by atoms with Crippen molar-refractivity contribution < 1.29 is 0 Å². The van der Waals surface area contributed by atoms with Crippen molar-refractivity contribution in [2.24, 2.45) is 4.99 Å². The molecule has 0 unspecified atom stereocenters. The van der Waals surface area contributed by atoms with Crippen LogP contribution in [0, 0.1) is 11.5 Å². The third-order valence-electron chi connectivity index (χ3n) is 2.40. The fourth-order valence-electron chi connectivity index (χ4n) is 1.44. The molecule has 1 aromatic rings. The van der Waals surface area contributed by atoms with Crippen LogP contribution in [0.4, 0.5) is 0 Å². The van der Waals surface area contributed by atoms with Crippen molar-refractivity contribution in [3.8, 4) is 6.19 Å². The molecule has 6 heteroatoms. The fourth-order valence-corrected chi connectivity index (χ4v) is 1.44. The van der Waals surface area contributed by atoms with Crippen molar-refractivity contribution >= 4 is 5.96 Å². The molecule has 0 atom stereocenters. The van der Waals surface area contributed by atoms with Gasteiger partial charge in [0.1, 0.15) is 0 Å². The summed E-state index contributed by atoms with van der Waals surface area (Å²) in [7, 11) is 0. The Labute approximate surface area is 108 Å². The highest BCUT2D eigenvalue weighted by molar-refractivity contribution is 5.81. The van der Waals surface area contributed by atoms with Gasteiger partial charge in [0.15, 0.2) is 6.19 Å². The van der Waals surface area contributed by atoms with Crippen molar-refractivity contribution in [3.05, 3.63) is 18.7 Å². The minimum absolute atomic E-state index is 0.566. The Hall–Kier alpha value is -2.03. The first-order valence-electron chi connectivity index (χ1n) is 6.26. The van der Waals surface area contributed by atoms with Gasteiger partial charge in [-0.2, -0.15) is 5.26 Å². The van der Waals surface area contributed by atoms with Gasteiger partial charge < -0.3 is 9.88 Å². The normalized spacial score (nSPS) is 11.0. The molecule has 0 aliphatic carbocycles. The minimum Gasteiger partial charge on any atom is -0.356 e. The number of guanidine groups is 1. The molecule has 0 spiro atoms. The van der Waals surface area contributed by atoms with Crippen LogP contribution in [0.1, 0.15) is 26.2 Å². The van der Waals surface area contributed by atoms with Crippen molar-refractivity contribution in [3.63, 3.8) is 0 Å². The average Bonchev–Trinajstić information content (AvgIpc) is 2.88. The molecule has 18 heavy (non-hydrogen) atoms. The summed E-state index contributed by atoms with van der Waals surface area (Å²) < 4.78 is 2.01. The first-order valence-corrected chi connectivity index (χ1v) is 6.26. The zero-order chi connectivity index (χ0) is 13.1. The van der Waals surface area contributed by atoms with E-state index >= 15 is 0 Å². The summed E-state index contributed by atoms with van der Waals surface area (Å²) >= 11 is 0. The number of unbranched alkanes of at least 4 members (excludes halogenated alkanes) is 1. The average molecular weight is 248 g/mol. The molecule has 1 heterocycles. The van der Waals surface area contributed by atoms with Crippen LogP contribution in [0.15, 0.2) is 23.7 Å². The maximum absolute atomic E-state index is 8.61. The summed E-state index contributed by atoms with van der Waals surface area (Å²) in [6.45, 7) is 4.53. The van der Waals surface area contributed by atoms with Gasteiger partial charge in [0, 0.05) is 32.0 Å². The smallest absolute Gasteiger partial charge is 0.204 e. The van der Waals surface area contributed by atoms with Gasteiger partial charge in [-0.3, -0.25) is 10.3 Å². The van der Waals surface area contributed by atoms with Crippen LogP contribution >= 0.6 is 0 Å². The SMILES string of the molecule is CCCCNC(=NCCCn1ccnc1)NC#N. The molecular formula is C12H20N6. The van der Waals surface area contributed by atoms with Gasteiger partial charge in [-0.1, -0.05) is 13.3 Å². The largest absolute Gasteiger partial charge is 0.356 e. The zero-order valence-corrected chi connectivity index (χ0v) is 10.8. The highest BCUT2D eigenvalue weighted by Crippen LogP contribution is 1.91. The number of aryl methyl sites for hydroxylation is 1. The second-order valence-electron chi connectivity index (χ2n) is 3.90. The molecule has 0 aliphatic heterocycles. The standard InChI is InChI=1S/C12H20N6/c1-2-3-5-15-12(17-10-13)16-6-4-8-18-9-7-14-11-18/h7,9,11H,2-6,8H2,1H3,(H2,15,16,17). The van der Waals surface area contributed by atoms with Crippen LogP contribution in [0.25, 0.3) is 0 Å². The van der Waals surface area contributed by atoms with E-state index < -0.39 is 0 Å². The summed E-state index contributed by atoms with van der Waals surface area (Å²) in [4.78, 5) is 8.30. The third kappa shape index (κ3) is 5.89. The van der Waals surface area contributed by atoms with Gasteiger partial charge in [0.2, 0.25) is 5.96 Å². The van der Waals surface area contributed by atoms with Crippen molar-refractivity contribution in [2.75, 3.05) is 13.1 Å². The molecule has 1 rings (SSSR count). The molecule has 0 saturated carbocycles. The van der Waals surface area contributed by atoms with Crippen LogP contribution in [-0.2, 0) is 6.54 Å². The Kier molecular flexibility index (Phi) is 7.05. The Morgan fingerprint density at radius 3 is 3.06 bits per heavy atom. The van der Waals surface area contributed by atoms with Crippen LogP contribution < -0.4 is 10.6 Å². The summed E-state index contributed by atoms with van der Waals surface area (Å²) in [5, 5.41) is 14.3. The lowest BCUT2D eigenvalue weighted by Crippen LogP contribution is -2.35. The van der Waals surface area contributed by atoms with Crippen LogP contribution in [0.5, 0.6) is 0 Å². The van der Waals surface area contributed by atoms with Crippen LogP contribution in [0.3, 0.4) is 0 Å². The molecule has 6 nitrogen and oxygen atoms in total. The lowest BCUT2D eigenvalue weighted by atomic mass is 10.3. The molecule has 0 saturated heterocycles. The molecular weight excluding hydrogens is 228 g/mol. The van der Waals surface area contributed by atoms with E-state index in [2.05, 4.69) is 27.5 Å².